The van der Waals surface area contributed by atoms with E-state index in [1.54, 1.807) is 0 Å². The maximum atomic E-state index is 6.10. The second-order valence-electron chi connectivity index (χ2n) is 4.93. The highest BCUT2D eigenvalue weighted by molar-refractivity contribution is 7.09. The van der Waals surface area contributed by atoms with Crippen molar-refractivity contribution in [3.63, 3.8) is 0 Å². The second kappa shape index (κ2) is 4.30. The largest absolute Gasteiger partial charge is 0.356 e. The summed E-state index contributed by atoms with van der Waals surface area (Å²) < 4.78 is 4.40. The zero-order valence-corrected chi connectivity index (χ0v) is 10.2. The summed E-state index contributed by atoms with van der Waals surface area (Å²) >= 11 is 1.49. The lowest BCUT2D eigenvalue weighted by molar-refractivity contribution is 0.404. The first-order valence-electron chi connectivity index (χ1n) is 6.18. The van der Waals surface area contributed by atoms with Gasteiger partial charge in [-0.3, -0.25) is 0 Å². The Bertz CT molecular complexity index is 361. The van der Waals surface area contributed by atoms with Gasteiger partial charge in [-0.1, -0.05) is 12.8 Å². The molecule has 2 unspecified atom stereocenters. The number of hydrogen-bond donors (Lipinski definition) is 2. The predicted octanol–water partition coefficient (Wildman–Crippen LogP) is 2.10. The molecule has 1 heterocycles. The van der Waals surface area contributed by atoms with Crippen molar-refractivity contribution in [3.05, 3.63) is 5.82 Å². The lowest BCUT2D eigenvalue weighted by atomic mass is 9.91. The Morgan fingerprint density at radius 3 is 2.75 bits per heavy atom. The van der Waals surface area contributed by atoms with Crippen LogP contribution in [0.1, 0.15) is 50.3 Å². The van der Waals surface area contributed by atoms with Crippen molar-refractivity contribution in [1.29, 1.82) is 0 Å². The molecule has 3 N–H and O–H groups in total. The Labute approximate surface area is 99.8 Å². The maximum absolute atomic E-state index is 6.10. The van der Waals surface area contributed by atoms with Gasteiger partial charge in [0.25, 0.3) is 0 Å². The molecule has 2 aliphatic carbocycles. The summed E-state index contributed by atoms with van der Waals surface area (Å²) in [7, 11) is 0. The van der Waals surface area contributed by atoms with Gasteiger partial charge in [-0.2, -0.15) is 4.37 Å². The Hall–Kier alpha value is -0.680. The molecule has 4 nitrogen and oxygen atoms in total. The van der Waals surface area contributed by atoms with Crippen molar-refractivity contribution in [3.8, 4) is 0 Å². The highest BCUT2D eigenvalue weighted by atomic mass is 32.1. The van der Waals surface area contributed by atoms with Crippen LogP contribution in [0, 0.1) is 0 Å². The number of nitrogens with zero attached hydrogens (tertiary/aromatic N) is 2. The van der Waals surface area contributed by atoms with Crippen LogP contribution in [-0.2, 0) is 0 Å². The molecule has 1 aromatic rings. The molecule has 0 bridgehead atoms. The molecule has 2 atom stereocenters. The summed E-state index contributed by atoms with van der Waals surface area (Å²) in [6.45, 7) is 0. The SMILES string of the molecule is NC1CCCCC1Nc1nc(C2CC2)ns1. The molecule has 0 radical (unpaired) electrons. The standard InChI is InChI=1S/C11H18N4S/c12-8-3-1-2-4-9(8)13-11-14-10(15-16-11)7-5-6-7/h7-9H,1-6,12H2,(H,13,14,15). The van der Waals surface area contributed by atoms with Crippen LogP contribution in [0.2, 0.25) is 0 Å². The third-order valence-corrected chi connectivity index (χ3v) is 4.17. The highest BCUT2D eigenvalue weighted by Crippen LogP contribution is 2.39. The molecule has 88 valence electrons. The molecule has 3 rings (SSSR count). The van der Waals surface area contributed by atoms with Crippen LogP contribution in [0.5, 0.6) is 0 Å². The summed E-state index contributed by atoms with van der Waals surface area (Å²) in [4.78, 5) is 4.54. The number of hydrogen-bond acceptors (Lipinski definition) is 5. The van der Waals surface area contributed by atoms with Gasteiger partial charge in [0.05, 0.1) is 0 Å². The number of rotatable bonds is 3. The predicted molar refractivity (Wildman–Crippen MR) is 65.7 cm³/mol. The van der Waals surface area contributed by atoms with Crippen LogP contribution in [0.3, 0.4) is 0 Å². The Morgan fingerprint density at radius 1 is 1.19 bits per heavy atom. The fourth-order valence-corrected chi connectivity index (χ4v) is 3.01. The molecule has 2 aliphatic rings. The number of nitrogens with two attached hydrogens (primary N) is 1. The van der Waals surface area contributed by atoms with Crippen LogP contribution in [-0.4, -0.2) is 21.4 Å². The molecular formula is C11H18N4S. The van der Waals surface area contributed by atoms with Crippen LogP contribution in [0.4, 0.5) is 5.13 Å². The monoisotopic (exact) mass is 238 g/mol. The third-order valence-electron chi connectivity index (χ3n) is 3.51. The maximum Gasteiger partial charge on any atom is 0.202 e. The lowest BCUT2D eigenvalue weighted by Gasteiger charge is -2.28. The van der Waals surface area contributed by atoms with Crippen molar-refractivity contribution in [2.24, 2.45) is 5.73 Å². The van der Waals surface area contributed by atoms with E-state index in [-0.39, 0.29) is 6.04 Å². The van der Waals surface area contributed by atoms with E-state index in [2.05, 4.69) is 14.7 Å². The Morgan fingerprint density at radius 2 is 2.00 bits per heavy atom. The van der Waals surface area contributed by atoms with Gasteiger partial charge in [0.15, 0.2) is 0 Å². The first kappa shape index (κ1) is 10.5. The van der Waals surface area contributed by atoms with Crippen molar-refractivity contribution >= 4 is 16.7 Å². The van der Waals surface area contributed by atoms with Crippen molar-refractivity contribution < 1.29 is 0 Å². The fourth-order valence-electron chi connectivity index (χ4n) is 2.30. The van der Waals surface area contributed by atoms with Gasteiger partial charge in [0.1, 0.15) is 5.82 Å². The Balaban J connectivity index is 1.63. The van der Waals surface area contributed by atoms with Gasteiger partial charge in [-0.25, -0.2) is 4.98 Å². The molecule has 2 saturated carbocycles. The van der Waals surface area contributed by atoms with E-state index in [9.17, 15) is 0 Å². The lowest BCUT2D eigenvalue weighted by Crippen LogP contribution is -2.42. The summed E-state index contributed by atoms with van der Waals surface area (Å²) in [5, 5.41) is 4.42. The number of nitrogens with one attached hydrogen (secondary N) is 1. The summed E-state index contributed by atoms with van der Waals surface area (Å²) in [5.74, 6) is 1.68. The van der Waals surface area contributed by atoms with Gasteiger partial charge in [-0.15, -0.1) is 0 Å². The van der Waals surface area contributed by atoms with E-state index in [0.717, 1.165) is 17.4 Å². The second-order valence-corrected chi connectivity index (χ2v) is 5.68. The molecule has 5 heteroatoms. The van der Waals surface area contributed by atoms with E-state index in [0.29, 0.717) is 12.0 Å². The number of aromatic nitrogens is 2. The number of anilines is 1. The van der Waals surface area contributed by atoms with Crippen LogP contribution in [0.25, 0.3) is 0 Å². The molecule has 0 aromatic carbocycles. The molecule has 1 aromatic heterocycles. The van der Waals surface area contributed by atoms with Gasteiger partial charge in [0.2, 0.25) is 5.13 Å². The Kier molecular flexibility index (Phi) is 2.81. The average molecular weight is 238 g/mol. The minimum atomic E-state index is 0.280. The smallest absolute Gasteiger partial charge is 0.202 e. The third kappa shape index (κ3) is 2.20. The first-order valence-corrected chi connectivity index (χ1v) is 6.96. The molecule has 0 saturated heterocycles. The summed E-state index contributed by atoms with van der Waals surface area (Å²) in [5.41, 5.74) is 6.10. The quantitative estimate of drug-likeness (QED) is 0.846. The highest BCUT2D eigenvalue weighted by Gasteiger charge is 2.28. The van der Waals surface area contributed by atoms with Crippen LogP contribution in [0.15, 0.2) is 0 Å². The summed E-state index contributed by atoms with van der Waals surface area (Å²) in [6, 6.07) is 0.677. The molecule has 0 amide bonds. The van der Waals surface area contributed by atoms with Crippen LogP contribution < -0.4 is 11.1 Å². The fraction of sp³-hybridized carbons (Fsp3) is 0.818. The van der Waals surface area contributed by atoms with Gasteiger partial charge in [-0.05, 0) is 25.7 Å². The van der Waals surface area contributed by atoms with Crippen LogP contribution >= 0.6 is 11.5 Å². The van der Waals surface area contributed by atoms with Gasteiger partial charge in [0, 0.05) is 29.5 Å². The molecular weight excluding hydrogens is 220 g/mol. The topological polar surface area (TPSA) is 63.8 Å². The van der Waals surface area contributed by atoms with Crippen molar-refractivity contribution in [1.82, 2.24) is 9.36 Å². The van der Waals surface area contributed by atoms with Gasteiger partial charge >= 0.3 is 0 Å². The zero-order valence-electron chi connectivity index (χ0n) is 9.35. The molecule has 0 aliphatic heterocycles. The molecule has 2 fully saturated rings. The molecule has 0 spiro atoms. The minimum absolute atomic E-state index is 0.280. The van der Waals surface area contributed by atoms with E-state index in [4.69, 9.17) is 5.73 Å². The van der Waals surface area contributed by atoms with E-state index in [1.165, 1.54) is 43.6 Å². The zero-order chi connectivity index (χ0) is 11.0. The van der Waals surface area contributed by atoms with E-state index < -0.39 is 0 Å². The normalized spacial score (nSPS) is 30.3. The van der Waals surface area contributed by atoms with Crippen molar-refractivity contribution in [2.45, 2.75) is 56.5 Å². The van der Waals surface area contributed by atoms with E-state index in [1.807, 2.05) is 0 Å². The first-order chi connectivity index (χ1) is 7.83. The molecule has 16 heavy (non-hydrogen) atoms. The summed E-state index contributed by atoms with van der Waals surface area (Å²) in [6.07, 6.45) is 7.37. The average Bonchev–Trinajstić information content (AvgIpc) is 3.03. The van der Waals surface area contributed by atoms with Crippen molar-refractivity contribution in [2.75, 3.05) is 5.32 Å². The van der Waals surface area contributed by atoms with Gasteiger partial charge < -0.3 is 11.1 Å². The van der Waals surface area contributed by atoms with E-state index >= 15 is 0 Å². The minimum Gasteiger partial charge on any atom is -0.356 e.